The van der Waals surface area contributed by atoms with Gasteiger partial charge in [-0.15, -0.1) is 0 Å². The molecule has 0 atom stereocenters. The molecule has 0 amide bonds. The second-order valence-corrected chi connectivity index (χ2v) is 2.85. The summed E-state index contributed by atoms with van der Waals surface area (Å²) in [5.41, 5.74) is 0.495. The fourth-order valence-electron chi connectivity index (χ4n) is 0.909. The fourth-order valence-corrected chi connectivity index (χ4v) is 1.25. The van der Waals surface area contributed by atoms with Crippen molar-refractivity contribution in [1.29, 1.82) is 0 Å². The molecular formula is C8H10O3Si. The number of phenols is 1. The van der Waals surface area contributed by atoms with E-state index in [2.05, 4.69) is 0 Å². The van der Waals surface area contributed by atoms with Crippen LogP contribution in [0.4, 0.5) is 0 Å². The van der Waals surface area contributed by atoms with E-state index < -0.39 is 0 Å². The van der Waals surface area contributed by atoms with E-state index in [0.717, 1.165) is 0 Å². The van der Waals surface area contributed by atoms with Crippen molar-refractivity contribution in [3.63, 3.8) is 0 Å². The van der Waals surface area contributed by atoms with Crippen LogP contribution in [0.2, 0.25) is 0 Å². The summed E-state index contributed by atoms with van der Waals surface area (Å²) in [6.07, 6.45) is 0. The Morgan fingerprint density at radius 1 is 1.58 bits per heavy atom. The van der Waals surface area contributed by atoms with Gasteiger partial charge in [-0.1, -0.05) is 0 Å². The molecule has 0 spiro atoms. The Bertz CT molecular complexity index is 309. The van der Waals surface area contributed by atoms with Crippen molar-refractivity contribution in [2.24, 2.45) is 0 Å². The zero-order valence-electron chi connectivity index (χ0n) is 7.00. The van der Waals surface area contributed by atoms with Crippen molar-refractivity contribution in [3.05, 3.63) is 23.8 Å². The van der Waals surface area contributed by atoms with Gasteiger partial charge in [0.15, 0.2) is 11.5 Å². The van der Waals surface area contributed by atoms with Crippen LogP contribution < -0.4 is 4.43 Å². The van der Waals surface area contributed by atoms with E-state index in [9.17, 15) is 9.90 Å². The third-order valence-electron chi connectivity index (χ3n) is 1.59. The number of Topliss-reactive ketones (excluding diaryl/α,β-unsaturated/α-hetero) is 1. The molecule has 3 nitrogen and oxygen atoms in total. The van der Waals surface area contributed by atoms with Crippen molar-refractivity contribution >= 4 is 16.3 Å². The summed E-state index contributed by atoms with van der Waals surface area (Å²) in [6, 6.07) is 4.64. The summed E-state index contributed by atoms with van der Waals surface area (Å²) in [4.78, 5) is 10.9. The smallest absolute Gasteiger partial charge is 0.204 e. The molecule has 0 saturated heterocycles. The molecule has 1 N–H and O–H groups in total. The van der Waals surface area contributed by atoms with Crippen LogP contribution >= 0.6 is 0 Å². The van der Waals surface area contributed by atoms with Crippen LogP contribution in [0.1, 0.15) is 17.3 Å². The van der Waals surface area contributed by atoms with E-state index >= 15 is 0 Å². The minimum atomic E-state index is -0.0646. The quantitative estimate of drug-likeness (QED) is 0.527. The van der Waals surface area contributed by atoms with Crippen molar-refractivity contribution < 1.29 is 14.3 Å². The highest BCUT2D eigenvalue weighted by Crippen LogP contribution is 2.25. The van der Waals surface area contributed by atoms with Gasteiger partial charge >= 0.3 is 0 Å². The number of rotatable bonds is 2. The number of carbonyl (C=O) groups is 1. The third-order valence-corrected chi connectivity index (χ3v) is 2.03. The molecule has 12 heavy (non-hydrogen) atoms. The lowest BCUT2D eigenvalue weighted by atomic mass is 10.1. The first-order valence-electron chi connectivity index (χ1n) is 3.53. The molecule has 0 aliphatic heterocycles. The van der Waals surface area contributed by atoms with Crippen LogP contribution in [0.5, 0.6) is 11.5 Å². The van der Waals surface area contributed by atoms with Crippen LogP contribution in [0.25, 0.3) is 0 Å². The molecule has 0 aliphatic rings. The number of hydrogen-bond acceptors (Lipinski definition) is 3. The van der Waals surface area contributed by atoms with Crippen molar-refractivity contribution in [1.82, 2.24) is 0 Å². The lowest BCUT2D eigenvalue weighted by Gasteiger charge is -2.04. The average molecular weight is 182 g/mol. The number of hydrogen-bond donors (Lipinski definition) is 1. The normalized spacial score (nSPS) is 9.75. The van der Waals surface area contributed by atoms with Crippen molar-refractivity contribution in [3.8, 4) is 11.5 Å². The zero-order valence-corrected chi connectivity index (χ0v) is 9.00. The van der Waals surface area contributed by atoms with Crippen molar-refractivity contribution in [2.75, 3.05) is 0 Å². The molecule has 1 rings (SSSR count). The Morgan fingerprint density at radius 2 is 2.25 bits per heavy atom. The molecule has 0 radical (unpaired) electrons. The SMILES string of the molecule is CC(=O)c1ccc(O[SiH3])c(O)c1. The molecule has 64 valence electrons. The predicted molar refractivity (Wildman–Crippen MR) is 48.7 cm³/mol. The lowest BCUT2D eigenvalue weighted by Crippen LogP contribution is -1.92. The van der Waals surface area contributed by atoms with Crippen molar-refractivity contribution in [2.45, 2.75) is 6.92 Å². The van der Waals surface area contributed by atoms with E-state index in [1.54, 1.807) is 12.1 Å². The second-order valence-electron chi connectivity index (χ2n) is 2.44. The molecule has 0 bridgehead atoms. The minimum absolute atomic E-state index is 0.0256. The maximum absolute atomic E-state index is 10.9. The summed E-state index contributed by atoms with van der Waals surface area (Å²) < 4.78 is 4.96. The molecule has 0 aromatic heterocycles. The van der Waals surface area contributed by atoms with E-state index in [0.29, 0.717) is 21.8 Å². The number of benzene rings is 1. The van der Waals surface area contributed by atoms with Gasteiger partial charge in [0.1, 0.15) is 5.75 Å². The summed E-state index contributed by atoms with van der Waals surface area (Å²) >= 11 is 0. The van der Waals surface area contributed by atoms with E-state index in [1.165, 1.54) is 13.0 Å². The van der Waals surface area contributed by atoms with Gasteiger partial charge < -0.3 is 9.53 Å². The topological polar surface area (TPSA) is 46.5 Å². The summed E-state index contributed by atoms with van der Waals surface area (Å²) in [6.45, 7) is 1.45. The zero-order chi connectivity index (χ0) is 9.14. The van der Waals surface area contributed by atoms with Gasteiger partial charge in [-0.05, 0) is 25.1 Å². The minimum Gasteiger partial charge on any atom is -0.551 e. The van der Waals surface area contributed by atoms with Gasteiger partial charge in [0.2, 0.25) is 10.5 Å². The van der Waals surface area contributed by atoms with Crippen LogP contribution in [-0.2, 0) is 0 Å². The van der Waals surface area contributed by atoms with Gasteiger partial charge in [0.05, 0.1) is 0 Å². The van der Waals surface area contributed by atoms with Crippen LogP contribution in [0, 0.1) is 0 Å². The summed E-state index contributed by atoms with van der Waals surface area (Å²) in [5, 5.41) is 9.29. The molecule has 0 fully saturated rings. The number of phenolic OH excluding ortho intramolecular Hbond substituents is 1. The fraction of sp³-hybridized carbons (Fsp3) is 0.125. The van der Waals surface area contributed by atoms with E-state index in [4.69, 9.17) is 4.43 Å². The van der Waals surface area contributed by atoms with Gasteiger partial charge in [0, 0.05) is 5.56 Å². The lowest BCUT2D eigenvalue weighted by molar-refractivity contribution is 0.101. The number of aromatic hydroxyl groups is 1. The summed E-state index contributed by atoms with van der Waals surface area (Å²) in [5.74, 6) is 0.398. The van der Waals surface area contributed by atoms with E-state index in [1.807, 2.05) is 0 Å². The van der Waals surface area contributed by atoms with E-state index in [-0.39, 0.29) is 11.5 Å². The first kappa shape index (κ1) is 8.80. The largest absolute Gasteiger partial charge is 0.551 e. The Hall–Kier alpha value is -1.29. The molecule has 1 aromatic carbocycles. The van der Waals surface area contributed by atoms with Crippen LogP contribution in [0.15, 0.2) is 18.2 Å². The third kappa shape index (κ3) is 1.65. The molecule has 4 heteroatoms. The van der Waals surface area contributed by atoms with Gasteiger partial charge in [-0.3, -0.25) is 4.79 Å². The molecule has 1 aromatic rings. The molecule has 0 saturated carbocycles. The highest BCUT2D eigenvalue weighted by atomic mass is 28.2. The maximum Gasteiger partial charge on any atom is 0.204 e. The summed E-state index contributed by atoms with van der Waals surface area (Å²) in [7, 11) is 0.524. The Kier molecular flexibility index (Phi) is 2.50. The Morgan fingerprint density at radius 3 is 2.67 bits per heavy atom. The average Bonchev–Trinajstić information content (AvgIpc) is 2.04. The maximum atomic E-state index is 10.9. The van der Waals surface area contributed by atoms with Gasteiger partial charge in [-0.2, -0.15) is 0 Å². The van der Waals surface area contributed by atoms with Gasteiger partial charge in [0.25, 0.3) is 0 Å². The standard InChI is InChI=1S/C8H10O3Si/c1-5(9)6-2-3-8(11-12)7(10)4-6/h2-4,10H,1,12H3. The molecule has 0 heterocycles. The molecule has 0 aliphatic carbocycles. The van der Waals surface area contributed by atoms with Crippen LogP contribution in [0.3, 0.4) is 0 Å². The number of carbonyl (C=O) groups excluding carboxylic acids is 1. The Labute approximate surface area is 73.5 Å². The number of ketones is 1. The first-order valence-corrected chi connectivity index (χ1v) is 4.34. The highest BCUT2D eigenvalue weighted by molar-refractivity contribution is 6.00. The second kappa shape index (κ2) is 3.40. The predicted octanol–water partition coefficient (Wildman–Crippen LogP) is 0.254. The highest BCUT2D eigenvalue weighted by Gasteiger charge is 2.04. The first-order chi connectivity index (χ1) is 5.65. The monoisotopic (exact) mass is 182 g/mol. The molecular weight excluding hydrogens is 172 g/mol. The Balaban J connectivity index is 3.10. The molecule has 0 unspecified atom stereocenters. The van der Waals surface area contributed by atoms with Gasteiger partial charge in [-0.25, -0.2) is 0 Å². The van der Waals surface area contributed by atoms with Crippen LogP contribution in [-0.4, -0.2) is 21.4 Å².